The highest BCUT2D eigenvalue weighted by atomic mass is 32.2. The average Bonchev–Trinajstić information content (AvgIpc) is 2.80. The van der Waals surface area contributed by atoms with Gasteiger partial charge in [0.05, 0.1) is 10.4 Å². The third-order valence-corrected chi connectivity index (χ3v) is 5.11. The van der Waals surface area contributed by atoms with Crippen LogP contribution in [0.25, 0.3) is 11.1 Å². The summed E-state index contributed by atoms with van der Waals surface area (Å²) in [6.45, 7) is 1.81. The van der Waals surface area contributed by atoms with Gasteiger partial charge in [-0.05, 0) is 30.2 Å². The summed E-state index contributed by atoms with van der Waals surface area (Å²) in [5.74, 6) is -0.530. The Bertz CT molecular complexity index is 1020. The van der Waals surface area contributed by atoms with Gasteiger partial charge in [-0.1, -0.05) is 6.07 Å². The Morgan fingerprint density at radius 2 is 2.13 bits per heavy atom. The lowest BCUT2D eigenvalue weighted by Crippen LogP contribution is -2.24. The molecule has 0 amide bonds. The zero-order valence-corrected chi connectivity index (χ0v) is 13.4. The Labute approximate surface area is 132 Å². The van der Waals surface area contributed by atoms with Gasteiger partial charge in [0.25, 0.3) is 0 Å². The summed E-state index contributed by atoms with van der Waals surface area (Å²) < 4.78 is 33.9. The molecule has 0 fully saturated rings. The van der Waals surface area contributed by atoms with Crippen LogP contribution in [0.3, 0.4) is 0 Å². The van der Waals surface area contributed by atoms with Crippen LogP contribution >= 0.6 is 0 Å². The number of oxazole rings is 1. The minimum atomic E-state index is -3.73. The van der Waals surface area contributed by atoms with Gasteiger partial charge in [-0.15, -0.1) is 0 Å². The molecule has 0 aliphatic carbocycles. The number of aromatic nitrogens is 2. The Hall–Kier alpha value is -2.45. The highest BCUT2D eigenvalue weighted by Gasteiger charge is 2.19. The maximum absolute atomic E-state index is 12.5. The van der Waals surface area contributed by atoms with Crippen molar-refractivity contribution in [1.82, 2.24) is 14.3 Å². The summed E-state index contributed by atoms with van der Waals surface area (Å²) in [6.07, 6.45) is 3.21. The molecular formula is C15H15N3O4S. The fourth-order valence-electron chi connectivity index (χ4n) is 2.31. The molecule has 7 nitrogen and oxygen atoms in total. The molecule has 3 aromatic rings. The van der Waals surface area contributed by atoms with Crippen LogP contribution in [0.15, 0.2) is 50.8 Å². The largest absolute Gasteiger partial charge is 0.419 e. The molecular weight excluding hydrogens is 318 g/mol. The van der Waals surface area contributed by atoms with Gasteiger partial charge >= 0.3 is 5.76 Å². The molecule has 0 unspecified atom stereocenters. The normalized spacial score (nSPS) is 11.9. The summed E-state index contributed by atoms with van der Waals surface area (Å²) >= 11 is 0. The minimum Gasteiger partial charge on any atom is -0.408 e. The molecule has 2 heterocycles. The molecule has 0 radical (unpaired) electrons. The van der Waals surface area contributed by atoms with Crippen molar-refractivity contribution in [3.8, 4) is 0 Å². The van der Waals surface area contributed by atoms with Gasteiger partial charge in [0.15, 0.2) is 5.58 Å². The molecule has 2 aromatic heterocycles. The lowest BCUT2D eigenvalue weighted by Gasteiger charge is -2.09. The molecule has 0 saturated heterocycles. The van der Waals surface area contributed by atoms with Gasteiger partial charge in [-0.3, -0.25) is 9.55 Å². The number of nitrogens with one attached hydrogen (secondary N) is 1. The first-order valence-electron chi connectivity index (χ1n) is 6.87. The maximum Gasteiger partial charge on any atom is 0.419 e. The summed E-state index contributed by atoms with van der Waals surface area (Å²) in [6, 6.07) is 6.51. The molecule has 0 atom stereocenters. The Morgan fingerprint density at radius 3 is 2.83 bits per heavy atom. The fourth-order valence-corrected chi connectivity index (χ4v) is 3.56. The van der Waals surface area contributed by atoms with E-state index < -0.39 is 15.8 Å². The van der Waals surface area contributed by atoms with E-state index in [1.165, 1.54) is 10.6 Å². The van der Waals surface area contributed by atoms with Gasteiger partial charge in [0.1, 0.15) is 0 Å². The number of hydrogen-bond acceptors (Lipinski definition) is 5. The number of benzene rings is 1. The molecule has 120 valence electrons. The second kappa shape index (κ2) is 5.64. The van der Waals surface area contributed by atoms with E-state index in [1.807, 2.05) is 0 Å². The topological polar surface area (TPSA) is 94.2 Å². The number of pyridine rings is 1. The first-order valence-corrected chi connectivity index (χ1v) is 8.35. The van der Waals surface area contributed by atoms with E-state index in [0.717, 1.165) is 5.56 Å². The Kier molecular flexibility index (Phi) is 3.78. The first kappa shape index (κ1) is 15.4. The molecule has 1 aromatic carbocycles. The standard InChI is InChI=1S/C15H15N3O4S/c1-10-6-12-13(22-15(19)18(12)2)7-14(10)23(20,21)17-9-11-4-3-5-16-8-11/h3-8,17H,9H2,1-2H3. The van der Waals surface area contributed by atoms with Crippen LogP contribution in [0.2, 0.25) is 0 Å². The van der Waals surface area contributed by atoms with E-state index >= 15 is 0 Å². The minimum absolute atomic E-state index is 0.0863. The van der Waals surface area contributed by atoms with Crippen LogP contribution in [0, 0.1) is 6.92 Å². The van der Waals surface area contributed by atoms with Crippen LogP contribution in [-0.4, -0.2) is 18.0 Å². The van der Waals surface area contributed by atoms with Crippen molar-refractivity contribution in [3.63, 3.8) is 0 Å². The van der Waals surface area contributed by atoms with E-state index in [2.05, 4.69) is 9.71 Å². The van der Waals surface area contributed by atoms with Crippen LogP contribution in [-0.2, 0) is 23.6 Å². The Balaban J connectivity index is 1.97. The molecule has 23 heavy (non-hydrogen) atoms. The van der Waals surface area contributed by atoms with Crippen molar-refractivity contribution in [2.24, 2.45) is 7.05 Å². The van der Waals surface area contributed by atoms with Gasteiger partial charge in [-0.2, -0.15) is 0 Å². The van der Waals surface area contributed by atoms with Gasteiger partial charge in [-0.25, -0.2) is 17.9 Å². The molecule has 0 spiro atoms. The van der Waals surface area contributed by atoms with Crippen molar-refractivity contribution in [3.05, 3.63) is 58.3 Å². The number of sulfonamides is 1. The molecule has 1 N–H and O–H groups in total. The average molecular weight is 333 g/mol. The van der Waals surface area contributed by atoms with Gasteiger partial charge < -0.3 is 4.42 Å². The van der Waals surface area contributed by atoms with Gasteiger partial charge in [0, 0.05) is 32.1 Å². The lowest BCUT2D eigenvalue weighted by molar-refractivity contribution is 0.527. The molecule has 0 bridgehead atoms. The molecule has 3 rings (SSSR count). The second-order valence-corrected chi connectivity index (χ2v) is 6.93. The van der Waals surface area contributed by atoms with Crippen molar-refractivity contribution in [2.45, 2.75) is 18.4 Å². The first-order chi connectivity index (χ1) is 10.9. The van der Waals surface area contributed by atoms with Crippen molar-refractivity contribution >= 4 is 21.1 Å². The molecule has 0 aliphatic heterocycles. The molecule has 0 saturated carbocycles. The Morgan fingerprint density at radius 1 is 1.35 bits per heavy atom. The third kappa shape index (κ3) is 2.90. The summed E-state index contributed by atoms with van der Waals surface area (Å²) in [7, 11) is -2.16. The van der Waals surface area contributed by atoms with E-state index in [4.69, 9.17) is 4.42 Å². The molecule has 8 heteroatoms. The van der Waals surface area contributed by atoms with Crippen molar-refractivity contribution in [2.75, 3.05) is 0 Å². The maximum atomic E-state index is 12.5. The van der Waals surface area contributed by atoms with Crippen molar-refractivity contribution < 1.29 is 12.8 Å². The van der Waals surface area contributed by atoms with E-state index in [1.54, 1.807) is 44.6 Å². The predicted octanol–water partition coefficient (Wildman–Crippen LogP) is 1.31. The highest BCUT2D eigenvalue weighted by Crippen LogP contribution is 2.22. The zero-order chi connectivity index (χ0) is 16.6. The predicted molar refractivity (Wildman–Crippen MR) is 84.5 cm³/mol. The highest BCUT2D eigenvalue weighted by molar-refractivity contribution is 7.89. The fraction of sp³-hybridized carbons (Fsp3) is 0.200. The molecule has 0 aliphatic rings. The quantitative estimate of drug-likeness (QED) is 0.777. The summed E-state index contributed by atoms with van der Waals surface area (Å²) in [5.41, 5.74) is 2.08. The smallest absolute Gasteiger partial charge is 0.408 e. The SMILES string of the molecule is Cc1cc2c(cc1S(=O)(=O)NCc1cccnc1)oc(=O)n2C. The summed E-state index contributed by atoms with van der Waals surface area (Å²) in [5, 5.41) is 0. The second-order valence-electron chi connectivity index (χ2n) is 5.20. The third-order valence-electron chi connectivity index (χ3n) is 3.57. The number of fused-ring (bicyclic) bond motifs is 1. The number of hydrogen-bond donors (Lipinski definition) is 1. The van der Waals surface area contributed by atoms with Crippen LogP contribution in [0.4, 0.5) is 0 Å². The summed E-state index contributed by atoms with van der Waals surface area (Å²) in [4.78, 5) is 15.6. The van der Waals surface area contributed by atoms with Crippen LogP contribution in [0.5, 0.6) is 0 Å². The lowest BCUT2D eigenvalue weighted by atomic mass is 10.2. The van der Waals surface area contributed by atoms with Crippen LogP contribution < -0.4 is 10.5 Å². The zero-order valence-electron chi connectivity index (χ0n) is 12.6. The van der Waals surface area contributed by atoms with Crippen LogP contribution in [0.1, 0.15) is 11.1 Å². The number of nitrogens with zero attached hydrogens (tertiary/aromatic N) is 2. The number of rotatable bonds is 4. The van der Waals surface area contributed by atoms with E-state index in [-0.39, 0.29) is 17.0 Å². The van der Waals surface area contributed by atoms with Crippen molar-refractivity contribution in [1.29, 1.82) is 0 Å². The number of aryl methyl sites for hydroxylation is 2. The van der Waals surface area contributed by atoms with E-state index in [0.29, 0.717) is 11.1 Å². The van der Waals surface area contributed by atoms with E-state index in [9.17, 15) is 13.2 Å². The van der Waals surface area contributed by atoms with Gasteiger partial charge in [0.2, 0.25) is 10.0 Å². The monoisotopic (exact) mass is 333 g/mol.